The van der Waals surface area contributed by atoms with Gasteiger partial charge in [-0.25, -0.2) is 9.37 Å². The number of hydrogen-bond donors (Lipinski definition) is 1. The maximum absolute atomic E-state index is 13.1. The molecule has 1 aromatic carbocycles. The van der Waals surface area contributed by atoms with Gasteiger partial charge in [-0.05, 0) is 34.1 Å². The lowest BCUT2D eigenvalue weighted by molar-refractivity contribution is 0.628. The Morgan fingerprint density at radius 3 is 2.67 bits per heavy atom. The molecule has 0 radical (unpaired) electrons. The zero-order valence-corrected chi connectivity index (χ0v) is 13.2. The number of nitrogens with one attached hydrogen (secondary N) is 1. The lowest BCUT2D eigenvalue weighted by atomic mass is 10.3. The largest absolute Gasteiger partial charge is 0.324 e. The molecular formula is C14H11BrClFN4. The molecule has 2 rings (SSSR count). The fourth-order valence-electron chi connectivity index (χ4n) is 1.55. The molecule has 7 heteroatoms. The Labute approximate surface area is 135 Å². The van der Waals surface area contributed by atoms with Crippen LogP contribution in [0.1, 0.15) is 0 Å². The minimum atomic E-state index is -0.482. The van der Waals surface area contributed by atoms with Gasteiger partial charge in [0.1, 0.15) is 5.82 Å². The summed E-state index contributed by atoms with van der Waals surface area (Å²) < 4.78 is 13.8. The smallest absolute Gasteiger partial charge is 0.229 e. The van der Waals surface area contributed by atoms with E-state index in [-0.39, 0.29) is 5.02 Å². The van der Waals surface area contributed by atoms with Crippen molar-refractivity contribution in [2.24, 2.45) is 0 Å². The molecule has 0 spiro atoms. The van der Waals surface area contributed by atoms with Gasteiger partial charge < -0.3 is 10.2 Å². The standard InChI is InChI=1S/C14H11BrClFN4/c1-3-21(4-2)13-10(15)8-18-14(20-13)19-9-5-6-12(17)11(16)7-9/h3-8H,1-2H2,(H,18,19,20). The second-order valence-corrected chi connectivity index (χ2v) is 5.15. The predicted octanol–water partition coefficient (Wildman–Crippen LogP) is 4.87. The number of benzene rings is 1. The number of halogens is 3. The highest BCUT2D eigenvalue weighted by Crippen LogP contribution is 2.26. The van der Waals surface area contributed by atoms with Crippen molar-refractivity contribution in [3.8, 4) is 0 Å². The molecule has 0 atom stereocenters. The molecule has 1 heterocycles. The van der Waals surface area contributed by atoms with Crippen LogP contribution in [-0.4, -0.2) is 9.97 Å². The number of rotatable bonds is 5. The van der Waals surface area contributed by atoms with Crippen LogP contribution in [0.2, 0.25) is 5.02 Å². The highest BCUT2D eigenvalue weighted by molar-refractivity contribution is 9.10. The topological polar surface area (TPSA) is 41.1 Å². The number of anilines is 3. The highest BCUT2D eigenvalue weighted by atomic mass is 79.9. The molecule has 0 bridgehead atoms. The van der Waals surface area contributed by atoms with E-state index in [9.17, 15) is 4.39 Å². The summed E-state index contributed by atoms with van der Waals surface area (Å²) in [6, 6.07) is 4.27. The first kappa shape index (κ1) is 15.5. The van der Waals surface area contributed by atoms with Gasteiger partial charge in [0.25, 0.3) is 0 Å². The van der Waals surface area contributed by atoms with Crippen molar-refractivity contribution in [3.05, 3.63) is 65.3 Å². The van der Waals surface area contributed by atoms with Crippen molar-refractivity contribution >= 4 is 45.0 Å². The van der Waals surface area contributed by atoms with Crippen molar-refractivity contribution in [3.63, 3.8) is 0 Å². The average molecular weight is 370 g/mol. The normalized spacial score (nSPS) is 10.0. The first-order chi connectivity index (χ1) is 10.0. The number of aromatic nitrogens is 2. The molecule has 0 unspecified atom stereocenters. The molecule has 4 nitrogen and oxygen atoms in total. The molecule has 0 amide bonds. The molecule has 0 aliphatic rings. The van der Waals surface area contributed by atoms with Crippen molar-refractivity contribution in [1.29, 1.82) is 0 Å². The van der Waals surface area contributed by atoms with Gasteiger partial charge in [-0.15, -0.1) is 0 Å². The van der Waals surface area contributed by atoms with Crippen molar-refractivity contribution < 1.29 is 4.39 Å². The van der Waals surface area contributed by atoms with Gasteiger partial charge in [0.05, 0.1) is 9.50 Å². The zero-order chi connectivity index (χ0) is 15.4. The summed E-state index contributed by atoms with van der Waals surface area (Å²) >= 11 is 9.09. The van der Waals surface area contributed by atoms with E-state index < -0.39 is 5.82 Å². The summed E-state index contributed by atoms with van der Waals surface area (Å²) in [6.07, 6.45) is 4.73. The van der Waals surface area contributed by atoms with Crippen LogP contribution in [0.4, 0.5) is 21.8 Å². The van der Waals surface area contributed by atoms with Gasteiger partial charge in [-0.1, -0.05) is 24.8 Å². The predicted molar refractivity (Wildman–Crippen MR) is 87.3 cm³/mol. The summed E-state index contributed by atoms with van der Waals surface area (Å²) in [7, 11) is 0. The second-order valence-electron chi connectivity index (χ2n) is 3.89. The Bertz CT molecular complexity index is 685. The van der Waals surface area contributed by atoms with Crippen molar-refractivity contribution in [2.45, 2.75) is 0 Å². The van der Waals surface area contributed by atoms with Crippen molar-refractivity contribution in [2.75, 3.05) is 10.2 Å². The molecule has 0 saturated heterocycles. The second kappa shape index (κ2) is 6.69. The third-order valence-electron chi connectivity index (χ3n) is 2.54. The van der Waals surface area contributed by atoms with Gasteiger partial charge >= 0.3 is 0 Å². The van der Waals surface area contributed by atoms with E-state index in [0.29, 0.717) is 21.9 Å². The van der Waals surface area contributed by atoms with Crippen molar-refractivity contribution in [1.82, 2.24) is 9.97 Å². The maximum atomic E-state index is 13.1. The minimum Gasteiger partial charge on any atom is -0.324 e. The van der Waals surface area contributed by atoms with E-state index in [1.807, 2.05) is 0 Å². The molecule has 0 aliphatic carbocycles. The number of nitrogens with zero attached hydrogens (tertiary/aromatic N) is 3. The van der Waals surface area contributed by atoms with Crippen LogP contribution >= 0.6 is 27.5 Å². The Balaban J connectivity index is 2.32. The van der Waals surface area contributed by atoms with Crippen LogP contribution in [0.25, 0.3) is 0 Å². The summed E-state index contributed by atoms with van der Waals surface area (Å²) in [6.45, 7) is 7.36. The van der Waals surface area contributed by atoms with Crippen LogP contribution in [0.5, 0.6) is 0 Å². The molecule has 0 aliphatic heterocycles. The van der Waals surface area contributed by atoms with E-state index in [2.05, 4.69) is 44.4 Å². The summed E-state index contributed by atoms with van der Waals surface area (Å²) in [5.41, 5.74) is 0.582. The SMILES string of the molecule is C=CN(C=C)c1nc(Nc2ccc(F)c(Cl)c2)ncc1Br. The lowest BCUT2D eigenvalue weighted by Gasteiger charge is -2.16. The first-order valence-electron chi connectivity index (χ1n) is 5.83. The Morgan fingerprint density at radius 1 is 1.33 bits per heavy atom. The van der Waals surface area contributed by atoms with Crippen LogP contribution in [0.15, 0.2) is 54.4 Å². The molecular weight excluding hydrogens is 359 g/mol. The molecule has 0 saturated carbocycles. The summed E-state index contributed by atoms with van der Waals surface area (Å²) in [5, 5.41) is 2.98. The van der Waals surface area contributed by atoms with E-state index >= 15 is 0 Å². The van der Waals surface area contributed by atoms with E-state index in [1.165, 1.54) is 12.1 Å². The summed E-state index contributed by atoms with van der Waals surface area (Å²) in [5.74, 6) is 0.430. The minimum absolute atomic E-state index is 0.0242. The third-order valence-corrected chi connectivity index (χ3v) is 3.39. The van der Waals surface area contributed by atoms with Gasteiger partial charge in [0.15, 0.2) is 5.82 Å². The molecule has 21 heavy (non-hydrogen) atoms. The van der Waals surface area contributed by atoms with Gasteiger partial charge in [0.2, 0.25) is 5.95 Å². The fraction of sp³-hybridized carbons (Fsp3) is 0. The highest BCUT2D eigenvalue weighted by Gasteiger charge is 2.10. The Hall–Kier alpha value is -1.92. The zero-order valence-electron chi connectivity index (χ0n) is 10.9. The Morgan fingerprint density at radius 2 is 2.05 bits per heavy atom. The summed E-state index contributed by atoms with van der Waals surface area (Å²) in [4.78, 5) is 10.1. The van der Waals surface area contributed by atoms with E-state index in [4.69, 9.17) is 11.6 Å². The molecule has 108 valence electrons. The Kier molecular flexibility index (Phi) is 4.93. The third kappa shape index (κ3) is 3.59. The fourth-order valence-corrected chi connectivity index (χ4v) is 2.13. The lowest BCUT2D eigenvalue weighted by Crippen LogP contribution is -2.10. The van der Waals surface area contributed by atoms with Gasteiger partial charge in [-0.3, -0.25) is 0 Å². The van der Waals surface area contributed by atoms with Crippen LogP contribution < -0.4 is 10.2 Å². The van der Waals surface area contributed by atoms with Crippen LogP contribution in [-0.2, 0) is 0 Å². The first-order valence-corrected chi connectivity index (χ1v) is 7.00. The quantitative estimate of drug-likeness (QED) is 0.816. The number of hydrogen-bond acceptors (Lipinski definition) is 4. The monoisotopic (exact) mass is 368 g/mol. The molecule has 1 N–H and O–H groups in total. The van der Waals surface area contributed by atoms with Gasteiger partial charge in [-0.2, -0.15) is 4.98 Å². The van der Waals surface area contributed by atoms with Gasteiger partial charge in [0, 0.05) is 24.3 Å². The molecule has 0 fully saturated rings. The molecule has 2 aromatic rings. The average Bonchev–Trinajstić information content (AvgIpc) is 2.47. The maximum Gasteiger partial charge on any atom is 0.229 e. The molecule has 1 aromatic heterocycles. The van der Waals surface area contributed by atoms with E-state index in [1.54, 1.807) is 29.6 Å². The van der Waals surface area contributed by atoms with E-state index in [0.717, 1.165) is 0 Å². The van der Waals surface area contributed by atoms with Crippen LogP contribution in [0, 0.1) is 5.82 Å². The van der Waals surface area contributed by atoms with Crippen LogP contribution in [0.3, 0.4) is 0 Å².